The first-order valence-electron chi connectivity index (χ1n) is 9.88. The van der Waals surface area contributed by atoms with Gasteiger partial charge < -0.3 is 25.6 Å². The van der Waals surface area contributed by atoms with Crippen LogP contribution in [0.2, 0.25) is 0 Å². The van der Waals surface area contributed by atoms with Gasteiger partial charge in [-0.3, -0.25) is 19.2 Å². The molecule has 172 valence electrons. The topological polar surface area (TPSA) is 130 Å². The average molecular weight is 446 g/mol. The number of aromatic nitrogens is 1. The second-order valence-electron chi connectivity index (χ2n) is 7.55. The molecule has 4 N–H and O–H groups in total. The molecule has 1 aromatic heterocycles. The van der Waals surface area contributed by atoms with Gasteiger partial charge in [0, 0.05) is 25.5 Å². The predicted molar refractivity (Wildman–Crippen MR) is 116 cm³/mol. The Labute approximate surface area is 185 Å². The summed E-state index contributed by atoms with van der Waals surface area (Å²) in [5.41, 5.74) is 1.63. The molecule has 2 atom stereocenters. The van der Waals surface area contributed by atoms with Gasteiger partial charge in [0.15, 0.2) is 0 Å². The molecule has 3 amide bonds. The Morgan fingerprint density at radius 3 is 2.28 bits per heavy atom. The lowest BCUT2D eigenvalue weighted by Crippen LogP contribution is -2.53. The third kappa shape index (κ3) is 4.86. The van der Waals surface area contributed by atoms with Crippen LogP contribution in [-0.4, -0.2) is 52.4 Å². The Morgan fingerprint density at radius 1 is 1.12 bits per heavy atom. The summed E-state index contributed by atoms with van der Waals surface area (Å²) in [5, 5.41) is 17.0. The zero-order chi connectivity index (χ0) is 24.3. The largest absolute Gasteiger partial charge is 0.391 e. The summed E-state index contributed by atoms with van der Waals surface area (Å²) < 4.78 is 14.9. The van der Waals surface area contributed by atoms with E-state index in [2.05, 4.69) is 16.0 Å². The van der Waals surface area contributed by atoms with Crippen LogP contribution >= 0.6 is 0 Å². The SMILES string of the molecule is CNC(=O)[C@@H](NC(=O)C(=O)c1c(C)c(C(=O)Nc2ccc(F)c(C)c2)c(C)n1C)[C@H](C)O. The molecule has 0 radical (unpaired) electrons. The molecule has 0 fully saturated rings. The minimum Gasteiger partial charge on any atom is -0.391 e. The van der Waals surface area contributed by atoms with Crippen molar-refractivity contribution in [3.05, 3.63) is 52.1 Å². The molecule has 0 aliphatic carbocycles. The van der Waals surface area contributed by atoms with Crippen LogP contribution in [0.15, 0.2) is 18.2 Å². The highest BCUT2D eigenvalue weighted by atomic mass is 19.1. The van der Waals surface area contributed by atoms with E-state index in [1.165, 1.54) is 50.7 Å². The van der Waals surface area contributed by atoms with Crippen molar-refractivity contribution < 1.29 is 28.7 Å². The van der Waals surface area contributed by atoms with E-state index >= 15 is 0 Å². The Morgan fingerprint density at radius 2 is 1.75 bits per heavy atom. The van der Waals surface area contributed by atoms with Gasteiger partial charge in [-0.2, -0.15) is 0 Å². The van der Waals surface area contributed by atoms with E-state index in [0.717, 1.165) is 0 Å². The molecule has 0 unspecified atom stereocenters. The molecule has 0 saturated carbocycles. The number of carbonyl (C=O) groups is 4. The number of amides is 3. The van der Waals surface area contributed by atoms with Gasteiger partial charge in [-0.15, -0.1) is 0 Å². The maximum atomic E-state index is 13.5. The Balaban J connectivity index is 2.34. The number of halogens is 1. The smallest absolute Gasteiger partial charge is 0.294 e. The molecule has 2 aromatic rings. The number of ketones is 1. The minimum atomic E-state index is -1.32. The number of aliphatic hydroxyl groups excluding tert-OH is 1. The van der Waals surface area contributed by atoms with Crippen molar-refractivity contribution in [2.45, 2.75) is 39.8 Å². The highest BCUT2D eigenvalue weighted by molar-refractivity contribution is 6.43. The summed E-state index contributed by atoms with van der Waals surface area (Å²) in [6.07, 6.45) is -1.23. The monoisotopic (exact) mass is 446 g/mol. The van der Waals surface area contributed by atoms with Crippen molar-refractivity contribution in [2.24, 2.45) is 7.05 Å². The van der Waals surface area contributed by atoms with Gasteiger partial charge in [-0.1, -0.05) is 0 Å². The van der Waals surface area contributed by atoms with Gasteiger partial charge in [0.2, 0.25) is 5.91 Å². The number of benzene rings is 1. The van der Waals surface area contributed by atoms with Crippen molar-refractivity contribution in [3.8, 4) is 0 Å². The fraction of sp³-hybridized carbons (Fsp3) is 0.364. The van der Waals surface area contributed by atoms with E-state index in [9.17, 15) is 28.7 Å². The maximum Gasteiger partial charge on any atom is 0.294 e. The summed E-state index contributed by atoms with van der Waals surface area (Å²) in [6, 6.07) is 2.82. The first-order chi connectivity index (χ1) is 14.9. The van der Waals surface area contributed by atoms with E-state index in [-0.39, 0.29) is 16.8 Å². The highest BCUT2D eigenvalue weighted by Gasteiger charge is 2.32. The number of rotatable bonds is 7. The van der Waals surface area contributed by atoms with Crippen LogP contribution < -0.4 is 16.0 Å². The van der Waals surface area contributed by atoms with Gasteiger partial charge in [0.1, 0.15) is 11.9 Å². The van der Waals surface area contributed by atoms with E-state index in [4.69, 9.17) is 0 Å². The lowest BCUT2D eigenvalue weighted by Gasteiger charge is -2.19. The van der Waals surface area contributed by atoms with Crippen molar-refractivity contribution >= 4 is 29.2 Å². The third-order valence-corrected chi connectivity index (χ3v) is 5.29. The van der Waals surface area contributed by atoms with Crippen LogP contribution in [0.25, 0.3) is 0 Å². The number of hydrogen-bond acceptors (Lipinski definition) is 5. The number of nitrogens with zero attached hydrogens (tertiary/aromatic N) is 1. The summed E-state index contributed by atoms with van der Waals surface area (Å²) in [4.78, 5) is 50.2. The van der Waals surface area contributed by atoms with Gasteiger partial charge in [-0.05, 0) is 57.0 Å². The molecule has 0 bridgehead atoms. The fourth-order valence-corrected chi connectivity index (χ4v) is 3.43. The van der Waals surface area contributed by atoms with Crippen LogP contribution in [0, 0.1) is 26.6 Å². The third-order valence-electron chi connectivity index (χ3n) is 5.29. The standard InChI is InChI=1S/C22H27FN4O5/c1-10-9-14(7-8-15(10)23)25-20(30)16-11(2)18(27(6)12(16)3)19(29)22(32)26-17(13(4)28)21(31)24-5/h7-9,13,17,28H,1-6H3,(H,24,31)(H,25,30)(H,26,32)/t13-,17-/m0/s1. The van der Waals surface area contributed by atoms with Crippen LogP contribution in [0.1, 0.15) is 44.6 Å². The molecular weight excluding hydrogens is 419 g/mol. The molecule has 0 aliphatic heterocycles. The zero-order valence-electron chi connectivity index (χ0n) is 18.8. The maximum absolute atomic E-state index is 13.5. The molecule has 2 rings (SSSR count). The minimum absolute atomic E-state index is 0.0262. The quantitative estimate of drug-likeness (QED) is 0.374. The Hall–Kier alpha value is -3.53. The number of Topliss-reactive ketones (excluding diaryl/α,β-unsaturated/α-hetero) is 1. The van der Waals surface area contributed by atoms with Gasteiger partial charge in [0.05, 0.1) is 17.4 Å². The predicted octanol–water partition coefficient (Wildman–Crippen LogP) is 1.14. The molecular formula is C22H27FN4O5. The van der Waals surface area contributed by atoms with Crippen LogP contribution in [0.4, 0.5) is 10.1 Å². The molecule has 0 saturated heterocycles. The fourth-order valence-electron chi connectivity index (χ4n) is 3.43. The first kappa shape index (κ1) is 24.7. The lowest BCUT2D eigenvalue weighted by molar-refractivity contribution is -0.129. The lowest BCUT2D eigenvalue weighted by atomic mass is 10.1. The molecule has 1 heterocycles. The van der Waals surface area contributed by atoms with E-state index < -0.39 is 41.5 Å². The van der Waals surface area contributed by atoms with Crippen LogP contribution in [0.3, 0.4) is 0 Å². The number of aliphatic hydroxyl groups is 1. The molecule has 9 nitrogen and oxygen atoms in total. The van der Waals surface area contributed by atoms with E-state index in [0.29, 0.717) is 16.9 Å². The number of anilines is 1. The Bertz CT molecular complexity index is 1090. The molecule has 10 heteroatoms. The Kier molecular flexibility index (Phi) is 7.52. The number of likely N-dealkylation sites (N-methyl/N-ethyl adjacent to an activating group) is 1. The number of carbonyl (C=O) groups excluding carboxylic acids is 4. The first-order valence-corrected chi connectivity index (χ1v) is 9.88. The number of nitrogens with one attached hydrogen (secondary N) is 3. The highest BCUT2D eigenvalue weighted by Crippen LogP contribution is 2.24. The zero-order valence-corrected chi connectivity index (χ0v) is 18.8. The van der Waals surface area contributed by atoms with E-state index in [1.807, 2.05) is 0 Å². The second-order valence-corrected chi connectivity index (χ2v) is 7.55. The summed E-state index contributed by atoms with van der Waals surface area (Å²) in [5.74, 6) is -3.63. The van der Waals surface area contributed by atoms with Crippen molar-refractivity contribution in [1.29, 1.82) is 0 Å². The van der Waals surface area contributed by atoms with Crippen molar-refractivity contribution in [3.63, 3.8) is 0 Å². The number of hydrogen-bond donors (Lipinski definition) is 4. The van der Waals surface area contributed by atoms with Gasteiger partial charge >= 0.3 is 0 Å². The summed E-state index contributed by atoms with van der Waals surface area (Å²) in [6.45, 7) is 6.03. The average Bonchev–Trinajstić information content (AvgIpc) is 2.95. The molecule has 1 aromatic carbocycles. The normalized spacial score (nSPS) is 12.6. The number of aryl methyl sites for hydroxylation is 1. The molecule has 0 aliphatic rings. The second kappa shape index (κ2) is 9.73. The van der Waals surface area contributed by atoms with Crippen LogP contribution in [0.5, 0.6) is 0 Å². The van der Waals surface area contributed by atoms with Crippen molar-refractivity contribution in [1.82, 2.24) is 15.2 Å². The van der Waals surface area contributed by atoms with Crippen LogP contribution in [-0.2, 0) is 16.6 Å². The molecule has 0 spiro atoms. The summed E-state index contributed by atoms with van der Waals surface area (Å²) >= 11 is 0. The molecule has 32 heavy (non-hydrogen) atoms. The van der Waals surface area contributed by atoms with E-state index in [1.54, 1.807) is 13.8 Å². The summed E-state index contributed by atoms with van der Waals surface area (Å²) in [7, 11) is 2.87. The van der Waals surface area contributed by atoms with Crippen molar-refractivity contribution in [2.75, 3.05) is 12.4 Å². The van der Waals surface area contributed by atoms with Gasteiger partial charge in [0.25, 0.3) is 17.6 Å². The van der Waals surface area contributed by atoms with Gasteiger partial charge in [-0.25, -0.2) is 4.39 Å².